The van der Waals surface area contributed by atoms with Crippen LogP contribution in [0.1, 0.15) is 6.42 Å². The molecule has 0 bridgehead atoms. The second kappa shape index (κ2) is 8.32. The van der Waals surface area contributed by atoms with Gasteiger partial charge in [-0.3, -0.25) is 4.79 Å². The van der Waals surface area contributed by atoms with Gasteiger partial charge in [0, 0.05) is 12.1 Å². The summed E-state index contributed by atoms with van der Waals surface area (Å²) in [5.41, 5.74) is 0.580. The van der Waals surface area contributed by atoms with Crippen molar-refractivity contribution in [2.75, 3.05) is 6.54 Å². The number of benzene rings is 2. The molecule has 1 fully saturated rings. The quantitative estimate of drug-likeness (QED) is 0.550. The van der Waals surface area contributed by atoms with Crippen LogP contribution in [0.2, 0.25) is 5.02 Å². The number of sulfonamides is 1. The third kappa shape index (κ3) is 3.92. The summed E-state index contributed by atoms with van der Waals surface area (Å²) in [6, 6.07) is 9.85. The van der Waals surface area contributed by atoms with E-state index >= 15 is 0 Å². The van der Waals surface area contributed by atoms with Crippen molar-refractivity contribution in [1.29, 1.82) is 0 Å². The predicted molar refractivity (Wildman–Crippen MR) is 114 cm³/mol. The van der Waals surface area contributed by atoms with E-state index in [9.17, 15) is 26.7 Å². The fourth-order valence-corrected chi connectivity index (χ4v) is 7.57. The van der Waals surface area contributed by atoms with E-state index in [-0.39, 0.29) is 14.8 Å². The minimum atomic E-state index is -4.30. The number of oxazole rings is 1. The lowest BCUT2D eigenvalue weighted by atomic mass is 10.2. The molecule has 1 N–H and O–H groups in total. The van der Waals surface area contributed by atoms with Crippen LogP contribution < -0.4 is 0 Å². The largest absolute Gasteiger partial charge is 0.480 e. The second-order valence-electron chi connectivity index (χ2n) is 7.15. The van der Waals surface area contributed by atoms with Gasteiger partial charge in [0.2, 0.25) is 10.0 Å². The molecule has 0 spiro atoms. The molecule has 3 aromatic rings. The normalized spacial score (nSPS) is 19.8. The van der Waals surface area contributed by atoms with Crippen LogP contribution in [0.4, 0.5) is 0 Å². The minimum absolute atomic E-state index is 0.0105. The van der Waals surface area contributed by atoms with Crippen molar-refractivity contribution in [3.05, 3.63) is 66.1 Å². The standard InChI is InChI=1S/C20H17ClN2O7S2/c21-16-3-1-2-4-19(16)31(26,27)15-9-17(20(24)25)23(11-15)32(28,29)14-7-5-13(6-8-14)18-10-22-12-30-18/h1-8,10,12,15,17H,9,11H2,(H,24,25)/t15-,17+/m1/s1. The maximum absolute atomic E-state index is 13.2. The Hall–Kier alpha value is -2.73. The van der Waals surface area contributed by atoms with E-state index in [0.717, 1.165) is 4.31 Å². The van der Waals surface area contributed by atoms with E-state index in [0.29, 0.717) is 11.3 Å². The number of hydrogen-bond acceptors (Lipinski definition) is 7. The van der Waals surface area contributed by atoms with Gasteiger partial charge in [-0.05, 0) is 42.8 Å². The maximum atomic E-state index is 13.2. The van der Waals surface area contributed by atoms with Gasteiger partial charge >= 0.3 is 5.97 Å². The number of nitrogens with zero attached hydrogens (tertiary/aromatic N) is 2. The molecule has 0 unspecified atom stereocenters. The molecule has 2 aromatic carbocycles. The number of halogens is 1. The number of carboxylic acid groups (broad SMARTS) is 1. The van der Waals surface area contributed by atoms with Gasteiger partial charge in [-0.25, -0.2) is 21.8 Å². The SMILES string of the molecule is O=C(O)[C@@H]1C[C@@H](S(=O)(=O)c2ccccc2Cl)CN1S(=O)(=O)c1ccc(-c2cnco2)cc1. The van der Waals surface area contributed by atoms with Crippen LogP contribution in [0.3, 0.4) is 0 Å². The van der Waals surface area contributed by atoms with Crippen molar-refractivity contribution >= 4 is 37.4 Å². The van der Waals surface area contributed by atoms with Crippen LogP contribution in [-0.4, -0.2) is 55.0 Å². The molecule has 1 aromatic heterocycles. The first-order chi connectivity index (χ1) is 15.1. The summed E-state index contributed by atoms with van der Waals surface area (Å²) in [5, 5.41) is 8.36. The van der Waals surface area contributed by atoms with E-state index in [4.69, 9.17) is 16.0 Å². The van der Waals surface area contributed by atoms with E-state index in [1.165, 1.54) is 55.1 Å². The molecule has 1 saturated heterocycles. The van der Waals surface area contributed by atoms with Gasteiger partial charge in [0.15, 0.2) is 22.0 Å². The summed E-state index contributed by atoms with van der Waals surface area (Å²) in [6.07, 6.45) is 2.31. The summed E-state index contributed by atoms with van der Waals surface area (Å²) >= 11 is 6.03. The van der Waals surface area contributed by atoms with Crippen LogP contribution >= 0.6 is 11.6 Å². The Bertz CT molecular complexity index is 1360. The molecule has 0 radical (unpaired) electrons. The molecule has 9 nitrogen and oxygen atoms in total. The van der Waals surface area contributed by atoms with Gasteiger partial charge in [0.1, 0.15) is 6.04 Å². The molecule has 1 aliphatic heterocycles. The minimum Gasteiger partial charge on any atom is -0.480 e. The molecule has 0 amide bonds. The smallest absolute Gasteiger partial charge is 0.322 e. The number of hydrogen-bond donors (Lipinski definition) is 1. The second-order valence-corrected chi connectivity index (χ2v) is 11.6. The Kier molecular flexibility index (Phi) is 5.84. The van der Waals surface area contributed by atoms with E-state index in [2.05, 4.69) is 4.98 Å². The molecule has 2 heterocycles. The van der Waals surface area contributed by atoms with Crippen molar-refractivity contribution in [2.45, 2.75) is 27.5 Å². The van der Waals surface area contributed by atoms with Crippen LogP contribution in [0.25, 0.3) is 11.3 Å². The fourth-order valence-electron chi connectivity index (χ4n) is 3.62. The number of sulfone groups is 1. The Balaban J connectivity index is 1.67. The van der Waals surface area contributed by atoms with Gasteiger partial charge < -0.3 is 9.52 Å². The summed E-state index contributed by atoms with van der Waals surface area (Å²) in [7, 11) is -8.36. The number of aliphatic carboxylic acids is 1. The summed E-state index contributed by atoms with van der Waals surface area (Å²) in [5.74, 6) is -0.992. The van der Waals surface area contributed by atoms with Crippen LogP contribution in [0, 0.1) is 0 Å². The monoisotopic (exact) mass is 496 g/mol. The molecule has 32 heavy (non-hydrogen) atoms. The van der Waals surface area contributed by atoms with Gasteiger partial charge in [0.25, 0.3) is 0 Å². The Morgan fingerprint density at radius 1 is 1.09 bits per heavy atom. The van der Waals surface area contributed by atoms with Crippen molar-refractivity contribution in [3.8, 4) is 11.3 Å². The van der Waals surface area contributed by atoms with Crippen molar-refractivity contribution in [1.82, 2.24) is 9.29 Å². The van der Waals surface area contributed by atoms with E-state index in [1.807, 2.05) is 0 Å². The number of rotatable bonds is 6. The average Bonchev–Trinajstić information content (AvgIpc) is 3.45. The summed E-state index contributed by atoms with van der Waals surface area (Å²) in [6.45, 7) is -0.503. The first-order valence-corrected chi connectivity index (χ1v) is 12.7. The Morgan fingerprint density at radius 2 is 1.78 bits per heavy atom. The first kappa shape index (κ1) is 22.5. The highest BCUT2D eigenvalue weighted by atomic mass is 35.5. The fraction of sp³-hybridized carbons (Fsp3) is 0.200. The predicted octanol–water partition coefficient (Wildman–Crippen LogP) is 2.69. The maximum Gasteiger partial charge on any atom is 0.322 e. The highest BCUT2D eigenvalue weighted by molar-refractivity contribution is 7.92. The van der Waals surface area contributed by atoms with Crippen molar-refractivity contribution in [3.63, 3.8) is 0 Å². The summed E-state index contributed by atoms with van der Waals surface area (Å²) in [4.78, 5) is 15.3. The Morgan fingerprint density at radius 3 is 2.38 bits per heavy atom. The number of carboxylic acids is 1. The third-order valence-electron chi connectivity index (χ3n) is 5.26. The molecule has 0 saturated carbocycles. The van der Waals surface area contributed by atoms with Crippen LogP contribution in [-0.2, 0) is 24.7 Å². The Labute approximate surface area is 189 Å². The van der Waals surface area contributed by atoms with E-state index < -0.39 is 50.1 Å². The van der Waals surface area contributed by atoms with Gasteiger partial charge in [-0.15, -0.1) is 0 Å². The zero-order chi connectivity index (χ0) is 23.1. The number of carbonyl (C=O) groups is 1. The molecule has 4 rings (SSSR count). The van der Waals surface area contributed by atoms with Crippen LogP contribution in [0.15, 0.2) is 75.3 Å². The van der Waals surface area contributed by atoms with Crippen LogP contribution in [0.5, 0.6) is 0 Å². The molecule has 168 valence electrons. The summed E-state index contributed by atoms with van der Waals surface area (Å²) < 4.78 is 58.5. The first-order valence-electron chi connectivity index (χ1n) is 9.34. The molecule has 2 atom stereocenters. The highest BCUT2D eigenvalue weighted by Crippen LogP contribution is 2.35. The van der Waals surface area contributed by atoms with Crippen molar-refractivity contribution in [2.24, 2.45) is 0 Å². The molecular weight excluding hydrogens is 480 g/mol. The lowest BCUT2D eigenvalue weighted by molar-refractivity contribution is -0.140. The molecule has 0 aliphatic carbocycles. The third-order valence-corrected chi connectivity index (χ3v) is 9.78. The van der Waals surface area contributed by atoms with Gasteiger partial charge in [-0.2, -0.15) is 4.31 Å². The lowest BCUT2D eigenvalue weighted by Crippen LogP contribution is -2.40. The number of aromatic nitrogens is 1. The topological polar surface area (TPSA) is 135 Å². The zero-order valence-electron chi connectivity index (χ0n) is 16.3. The molecular formula is C20H17ClN2O7S2. The lowest BCUT2D eigenvalue weighted by Gasteiger charge is -2.21. The van der Waals surface area contributed by atoms with E-state index in [1.54, 1.807) is 6.07 Å². The molecule has 1 aliphatic rings. The average molecular weight is 497 g/mol. The molecule has 12 heteroatoms. The highest BCUT2D eigenvalue weighted by Gasteiger charge is 2.49. The van der Waals surface area contributed by atoms with Gasteiger partial charge in [-0.1, -0.05) is 23.7 Å². The van der Waals surface area contributed by atoms with Crippen molar-refractivity contribution < 1.29 is 31.2 Å². The van der Waals surface area contributed by atoms with Gasteiger partial charge in [0.05, 0.1) is 26.3 Å². The zero-order valence-corrected chi connectivity index (χ0v) is 18.7.